The van der Waals surface area contributed by atoms with Crippen LogP contribution < -0.4 is 5.32 Å². The van der Waals surface area contributed by atoms with Gasteiger partial charge in [-0.2, -0.15) is 0 Å². The van der Waals surface area contributed by atoms with Gasteiger partial charge in [0.1, 0.15) is 5.82 Å². The second-order valence-corrected chi connectivity index (χ2v) is 6.31. The van der Waals surface area contributed by atoms with Gasteiger partial charge < -0.3 is 10.3 Å². The number of rotatable bonds is 7. The van der Waals surface area contributed by atoms with Crippen molar-refractivity contribution in [3.05, 3.63) is 48.5 Å². The maximum absolute atomic E-state index is 12.0. The average molecular weight is 279 g/mol. The second kappa shape index (κ2) is 6.49. The summed E-state index contributed by atoms with van der Waals surface area (Å²) in [7, 11) is -3.16. The van der Waals surface area contributed by atoms with Gasteiger partial charge in [0.2, 0.25) is 0 Å². The molecule has 0 unspecified atom stereocenters. The smallest absolute Gasteiger partial charge is 0.178 e. The molecule has 0 aliphatic rings. The molecule has 0 bridgehead atoms. The number of imidazole rings is 1. The number of sulfone groups is 1. The lowest BCUT2D eigenvalue weighted by atomic mass is 10.4. The summed E-state index contributed by atoms with van der Waals surface area (Å²) in [4.78, 5) is 7.44. The van der Waals surface area contributed by atoms with E-state index in [9.17, 15) is 8.42 Å². The summed E-state index contributed by atoms with van der Waals surface area (Å²) in [5.41, 5.74) is 0. The number of nitrogens with zero attached hydrogens (tertiary/aromatic N) is 1. The Balaban J connectivity index is 1.73. The minimum Gasteiger partial charge on any atom is -0.348 e. The molecule has 0 amide bonds. The molecule has 102 valence electrons. The molecule has 2 rings (SSSR count). The zero-order valence-corrected chi connectivity index (χ0v) is 11.4. The van der Waals surface area contributed by atoms with Crippen LogP contribution >= 0.6 is 0 Å². The van der Waals surface area contributed by atoms with Crippen LogP contribution in [0.15, 0.2) is 47.6 Å². The van der Waals surface area contributed by atoms with Gasteiger partial charge in [-0.05, 0) is 25.1 Å². The largest absolute Gasteiger partial charge is 0.348 e. The Kier molecular flexibility index (Phi) is 4.70. The first-order valence-electron chi connectivity index (χ1n) is 6.15. The molecule has 0 saturated carbocycles. The van der Waals surface area contributed by atoms with Crippen molar-refractivity contribution in [3.63, 3.8) is 0 Å². The molecule has 1 aromatic heterocycles. The molecule has 0 radical (unpaired) electrons. The van der Waals surface area contributed by atoms with Gasteiger partial charge in [-0.15, -0.1) is 0 Å². The van der Waals surface area contributed by atoms with E-state index in [-0.39, 0.29) is 5.75 Å². The van der Waals surface area contributed by atoms with Crippen molar-refractivity contribution in [2.75, 3.05) is 12.3 Å². The van der Waals surface area contributed by atoms with E-state index in [2.05, 4.69) is 15.3 Å². The van der Waals surface area contributed by atoms with E-state index >= 15 is 0 Å². The molecule has 0 saturated heterocycles. The lowest BCUT2D eigenvalue weighted by molar-refractivity contribution is 0.587. The van der Waals surface area contributed by atoms with Crippen LogP contribution in [0.3, 0.4) is 0 Å². The normalized spacial score (nSPS) is 11.6. The predicted molar refractivity (Wildman–Crippen MR) is 73.4 cm³/mol. The number of aromatic amines is 1. The monoisotopic (exact) mass is 279 g/mol. The Labute approximate surface area is 113 Å². The predicted octanol–water partition coefficient (Wildman–Crippen LogP) is 1.36. The van der Waals surface area contributed by atoms with Crippen LogP contribution in [0.2, 0.25) is 0 Å². The third kappa shape index (κ3) is 4.18. The van der Waals surface area contributed by atoms with Crippen LogP contribution in [-0.2, 0) is 16.4 Å². The summed E-state index contributed by atoms with van der Waals surface area (Å²) in [5.74, 6) is 1.01. The molecule has 0 atom stereocenters. The summed E-state index contributed by atoms with van der Waals surface area (Å²) in [6.45, 7) is 1.27. The fourth-order valence-corrected chi connectivity index (χ4v) is 3.07. The van der Waals surface area contributed by atoms with Crippen LogP contribution in [-0.4, -0.2) is 30.7 Å². The van der Waals surface area contributed by atoms with Crippen LogP contribution in [0.1, 0.15) is 12.2 Å². The van der Waals surface area contributed by atoms with E-state index in [1.54, 1.807) is 36.7 Å². The summed E-state index contributed by atoms with van der Waals surface area (Å²) in [6.07, 6.45) is 4.03. The van der Waals surface area contributed by atoms with Crippen molar-refractivity contribution < 1.29 is 8.42 Å². The summed E-state index contributed by atoms with van der Waals surface area (Å²) < 4.78 is 24.0. The average Bonchev–Trinajstić information content (AvgIpc) is 2.92. The van der Waals surface area contributed by atoms with E-state index in [1.165, 1.54) is 0 Å². The molecular formula is C13H17N3O2S. The fraction of sp³-hybridized carbons (Fsp3) is 0.308. The molecule has 5 nitrogen and oxygen atoms in total. The first-order chi connectivity index (χ1) is 9.18. The van der Waals surface area contributed by atoms with E-state index in [1.807, 2.05) is 6.07 Å². The zero-order valence-electron chi connectivity index (χ0n) is 10.5. The molecule has 0 aliphatic carbocycles. The number of nitrogens with one attached hydrogen (secondary N) is 2. The number of hydrogen-bond acceptors (Lipinski definition) is 4. The van der Waals surface area contributed by atoms with Gasteiger partial charge in [0.05, 0.1) is 17.2 Å². The Morgan fingerprint density at radius 3 is 2.68 bits per heavy atom. The molecular weight excluding hydrogens is 262 g/mol. The number of H-pyrrole nitrogens is 1. The zero-order chi connectivity index (χ0) is 13.6. The van der Waals surface area contributed by atoms with Gasteiger partial charge >= 0.3 is 0 Å². The minimum absolute atomic E-state index is 0.155. The Bertz CT molecular complexity index is 580. The highest BCUT2D eigenvalue weighted by molar-refractivity contribution is 7.91. The van der Waals surface area contributed by atoms with Gasteiger partial charge in [-0.1, -0.05) is 18.2 Å². The first-order valence-corrected chi connectivity index (χ1v) is 7.80. The number of hydrogen-bond donors (Lipinski definition) is 2. The third-order valence-corrected chi connectivity index (χ3v) is 4.53. The van der Waals surface area contributed by atoms with Crippen LogP contribution in [0.25, 0.3) is 0 Å². The van der Waals surface area contributed by atoms with Gasteiger partial charge in [-0.3, -0.25) is 0 Å². The van der Waals surface area contributed by atoms with Crippen LogP contribution in [0.5, 0.6) is 0 Å². The third-order valence-electron chi connectivity index (χ3n) is 2.72. The van der Waals surface area contributed by atoms with Gasteiger partial charge in [0, 0.05) is 12.4 Å². The molecule has 2 aromatic rings. The van der Waals surface area contributed by atoms with Crippen molar-refractivity contribution in [1.29, 1.82) is 0 Å². The molecule has 0 fully saturated rings. The first kappa shape index (κ1) is 13.8. The van der Waals surface area contributed by atoms with Crippen LogP contribution in [0.4, 0.5) is 0 Å². The van der Waals surface area contributed by atoms with E-state index in [0.717, 1.165) is 5.82 Å². The van der Waals surface area contributed by atoms with Crippen molar-refractivity contribution in [3.8, 4) is 0 Å². The maximum atomic E-state index is 12.0. The molecule has 6 heteroatoms. The Hall–Kier alpha value is -1.66. The van der Waals surface area contributed by atoms with E-state index < -0.39 is 9.84 Å². The summed E-state index contributed by atoms with van der Waals surface area (Å²) in [5, 5.41) is 3.15. The van der Waals surface area contributed by atoms with Crippen molar-refractivity contribution in [2.45, 2.75) is 17.9 Å². The lowest BCUT2D eigenvalue weighted by Crippen LogP contribution is -2.19. The summed E-state index contributed by atoms with van der Waals surface area (Å²) in [6, 6.07) is 8.55. The maximum Gasteiger partial charge on any atom is 0.178 e. The Morgan fingerprint density at radius 2 is 2.00 bits per heavy atom. The second-order valence-electron chi connectivity index (χ2n) is 4.20. The van der Waals surface area contributed by atoms with Crippen molar-refractivity contribution >= 4 is 9.84 Å². The van der Waals surface area contributed by atoms with E-state index in [0.29, 0.717) is 24.4 Å². The van der Waals surface area contributed by atoms with Crippen molar-refractivity contribution in [2.24, 2.45) is 0 Å². The molecule has 19 heavy (non-hydrogen) atoms. The molecule has 0 aliphatic heterocycles. The number of aromatic nitrogens is 2. The molecule has 0 spiro atoms. The highest BCUT2D eigenvalue weighted by Gasteiger charge is 2.12. The van der Waals surface area contributed by atoms with Gasteiger partial charge in [-0.25, -0.2) is 13.4 Å². The lowest BCUT2D eigenvalue weighted by Gasteiger charge is -2.05. The topological polar surface area (TPSA) is 74.8 Å². The SMILES string of the molecule is O=S(=O)(CCCNCc1ncc[nH]1)c1ccccc1. The van der Waals surface area contributed by atoms with Crippen molar-refractivity contribution in [1.82, 2.24) is 15.3 Å². The van der Waals surface area contributed by atoms with E-state index in [4.69, 9.17) is 0 Å². The minimum atomic E-state index is -3.16. The van der Waals surface area contributed by atoms with Crippen LogP contribution in [0, 0.1) is 0 Å². The molecule has 1 heterocycles. The number of benzene rings is 1. The summed E-state index contributed by atoms with van der Waals surface area (Å²) >= 11 is 0. The Morgan fingerprint density at radius 1 is 1.21 bits per heavy atom. The molecule has 1 aromatic carbocycles. The highest BCUT2D eigenvalue weighted by Crippen LogP contribution is 2.10. The fourth-order valence-electron chi connectivity index (χ4n) is 1.73. The quantitative estimate of drug-likeness (QED) is 0.751. The highest BCUT2D eigenvalue weighted by atomic mass is 32.2. The van der Waals surface area contributed by atoms with Gasteiger partial charge in [0.15, 0.2) is 9.84 Å². The molecule has 2 N–H and O–H groups in total. The standard InChI is InChI=1S/C13H17N3O2S/c17-19(18,12-5-2-1-3-6-12)10-4-7-14-11-13-15-8-9-16-13/h1-3,5-6,8-9,14H,4,7,10-11H2,(H,15,16). The van der Waals surface area contributed by atoms with Gasteiger partial charge in [0.25, 0.3) is 0 Å².